The van der Waals surface area contributed by atoms with Gasteiger partial charge in [-0.25, -0.2) is 4.99 Å². The number of rotatable bonds is 4. The third-order valence-electron chi connectivity index (χ3n) is 3.91. The average molecular weight is 367 g/mol. The standard InChI is InChI=1S/C20H21N3O2S/c1-13-5-10-17(25-4)16(11-13)21-20-22-19(24)18(26-20)12-14-6-8-15(9-7-14)23(2)3/h5-12H,1-4H3,(H,21,22,24)/b18-12-. The summed E-state index contributed by atoms with van der Waals surface area (Å²) in [5.74, 6) is 0.534. The fourth-order valence-electron chi connectivity index (χ4n) is 2.50. The number of hydrogen-bond donors (Lipinski definition) is 1. The number of aliphatic imine (C=N–C) groups is 1. The molecule has 1 N–H and O–H groups in total. The van der Waals surface area contributed by atoms with E-state index in [-0.39, 0.29) is 5.91 Å². The number of methoxy groups -OCH3 is 1. The van der Waals surface area contributed by atoms with E-state index >= 15 is 0 Å². The van der Waals surface area contributed by atoms with Crippen LogP contribution in [0.1, 0.15) is 11.1 Å². The lowest BCUT2D eigenvalue weighted by atomic mass is 10.2. The van der Waals surface area contributed by atoms with Gasteiger partial charge in [-0.3, -0.25) is 4.79 Å². The first-order valence-electron chi connectivity index (χ1n) is 8.18. The molecule has 0 bridgehead atoms. The number of aryl methyl sites for hydroxylation is 1. The topological polar surface area (TPSA) is 53.9 Å². The number of amidine groups is 1. The Balaban J connectivity index is 1.83. The van der Waals surface area contributed by atoms with Crippen molar-refractivity contribution in [1.82, 2.24) is 5.32 Å². The molecule has 0 spiro atoms. The molecule has 2 aromatic carbocycles. The van der Waals surface area contributed by atoms with E-state index in [2.05, 4.69) is 10.3 Å². The number of carbonyl (C=O) groups is 1. The van der Waals surface area contributed by atoms with Crippen molar-refractivity contribution in [3.8, 4) is 5.75 Å². The summed E-state index contributed by atoms with van der Waals surface area (Å²) in [4.78, 5) is 19.5. The van der Waals surface area contributed by atoms with E-state index < -0.39 is 0 Å². The second-order valence-corrected chi connectivity index (χ2v) is 7.17. The molecule has 5 nitrogen and oxygen atoms in total. The van der Waals surface area contributed by atoms with Crippen LogP contribution in [0.25, 0.3) is 6.08 Å². The number of anilines is 1. The van der Waals surface area contributed by atoms with E-state index in [1.54, 1.807) is 7.11 Å². The first kappa shape index (κ1) is 18.1. The van der Waals surface area contributed by atoms with Gasteiger partial charge in [0, 0.05) is 19.8 Å². The van der Waals surface area contributed by atoms with E-state index in [0.717, 1.165) is 16.8 Å². The van der Waals surface area contributed by atoms with Crippen molar-refractivity contribution in [2.24, 2.45) is 4.99 Å². The highest BCUT2D eigenvalue weighted by Gasteiger charge is 2.24. The summed E-state index contributed by atoms with van der Waals surface area (Å²) in [6.45, 7) is 1.99. The van der Waals surface area contributed by atoms with Crippen molar-refractivity contribution in [1.29, 1.82) is 0 Å². The van der Waals surface area contributed by atoms with Gasteiger partial charge in [0.25, 0.3) is 5.91 Å². The zero-order valence-corrected chi connectivity index (χ0v) is 16.1. The lowest BCUT2D eigenvalue weighted by Gasteiger charge is -2.11. The number of benzene rings is 2. The van der Waals surface area contributed by atoms with Gasteiger partial charge >= 0.3 is 0 Å². The molecule has 0 unspecified atom stereocenters. The Morgan fingerprint density at radius 1 is 1.15 bits per heavy atom. The quantitative estimate of drug-likeness (QED) is 0.831. The molecule has 0 atom stereocenters. The smallest absolute Gasteiger partial charge is 0.264 e. The van der Waals surface area contributed by atoms with Crippen molar-refractivity contribution < 1.29 is 9.53 Å². The van der Waals surface area contributed by atoms with Crippen LogP contribution in [0, 0.1) is 6.92 Å². The molecule has 26 heavy (non-hydrogen) atoms. The highest BCUT2D eigenvalue weighted by molar-refractivity contribution is 8.18. The molecule has 0 radical (unpaired) electrons. The molecule has 1 aliphatic rings. The lowest BCUT2D eigenvalue weighted by molar-refractivity contribution is -0.115. The number of ether oxygens (including phenoxy) is 1. The molecule has 6 heteroatoms. The summed E-state index contributed by atoms with van der Waals surface area (Å²) in [7, 11) is 5.60. The largest absolute Gasteiger partial charge is 0.494 e. The van der Waals surface area contributed by atoms with E-state index in [9.17, 15) is 4.79 Å². The molecule has 0 saturated carbocycles. The van der Waals surface area contributed by atoms with Crippen LogP contribution in [0.15, 0.2) is 52.4 Å². The SMILES string of the molecule is COc1ccc(C)cc1N=C1NC(=O)/C(=C/c2ccc(N(C)C)cc2)S1. The summed E-state index contributed by atoms with van der Waals surface area (Å²) >= 11 is 1.33. The van der Waals surface area contributed by atoms with Gasteiger partial charge in [-0.1, -0.05) is 18.2 Å². The van der Waals surface area contributed by atoms with Crippen molar-refractivity contribution in [2.75, 3.05) is 26.1 Å². The molecular weight excluding hydrogens is 346 g/mol. The molecule has 1 amide bonds. The van der Waals surface area contributed by atoms with Gasteiger partial charge in [0.1, 0.15) is 11.4 Å². The van der Waals surface area contributed by atoms with Crippen LogP contribution >= 0.6 is 11.8 Å². The lowest BCUT2D eigenvalue weighted by Crippen LogP contribution is -2.19. The molecule has 2 aromatic rings. The molecule has 0 aliphatic carbocycles. The van der Waals surface area contributed by atoms with Gasteiger partial charge in [0.2, 0.25) is 0 Å². The zero-order valence-electron chi connectivity index (χ0n) is 15.2. The van der Waals surface area contributed by atoms with E-state index in [1.807, 2.05) is 74.5 Å². The van der Waals surface area contributed by atoms with Gasteiger partial charge < -0.3 is 15.0 Å². The summed E-state index contributed by atoms with van der Waals surface area (Å²) in [5, 5.41) is 3.37. The minimum atomic E-state index is -0.142. The predicted molar refractivity (Wildman–Crippen MR) is 109 cm³/mol. The third kappa shape index (κ3) is 4.08. The van der Waals surface area contributed by atoms with Crippen LogP contribution < -0.4 is 15.0 Å². The average Bonchev–Trinajstić information content (AvgIpc) is 2.95. The van der Waals surface area contributed by atoms with E-state index in [4.69, 9.17) is 4.74 Å². The molecule has 134 valence electrons. The summed E-state index contributed by atoms with van der Waals surface area (Å²) in [6, 6.07) is 13.8. The number of nitrogens with zero attached hydrogens (tertiary/aromatic N) is 2. The molecule has 1 fully saturated rings. The van der Waals surface area contributed by atoms with Crippen LogP contribution in [-0.4, -0.2) is 32.3 Å². The maximum atomic E-state index is 12.3. The van der Waals surface area contributed by atoms with Gasteiger partial charge in [-0.2, -0.15) is 0 Å². The third-order valence-corrected chi connectivity index (χ3v) is 4.82. The van der Waals surface area contributed by atoms with Gasteiger partial charge in [-0.15, -0.1) is 0 Å². The minimum absolute atomic E-state index is 0.142. The van der Waals surface area contributed by atoms with E-state index in [1.165, 1.54) is 11.8 Å². The Hall–Kier alpha value is -2.73. The van der Waals surface area contributed by atoms with Gasteiger partial charge in [0.15, 0.2) is 5.17 Å². The Bertz CT molecular complexity index is 886. The second-order valence-electron chi connectivity index (χ2n) is 6.14. The number of hydrogen-bond acceptors (Lipinski definition) is 5. The Morgan fingerprint density at radius 2 is 1.88 bits per heavy atom. The molecule has 1 aliphatic heterocycles. The number of nitrogens with one attached hydrogen (secondary N) is 1. The van der Waals surface area contributed by atoms with Crippen LogP contribution in [0.3, 0.4) is 0 Å². The maximum absolute atomic E-state index is 12.3. The summed E-state index contributed by atoms with van der Waals surface area (Å²) in [6.07, 6.45) is 1.87. The van der Waals surface area contributed by atoms with Crippen molar-refractivity contribution in [3.05, 3.63) is 58.5 Å². The maximum Gasteiger partial charge on any atom is 0.264 e. The second kappa shape index (κ2) is 7.66. The molecule has 0 aromatic heterocycles. The molecular formula is C20H21N3O2S. The number of thioether (sulfide) groups is 1. The highest BCUT2D eigenvalue weighted by atomic mass is 32.2. The van der Waals surface area contributed by atoms with Gasteiger partial charge in [0.05, 0.1) is 12.0 Å². The Labute approximate surface area is 157 Å². The normalized spacial score (nSPS) is 16.8. The van der Waals surface area contributed by atoms with Gasteiger partial charge in [-0.05, 0) is 60.2 Å². The first-order valence-corrected chi connectivity index (χ1v) is 8.99. The van der Waals surface area contributed by atoms with Crippen LogP contribution in [0.4, 0.5) is 11.4 Å². The van der Waals surface area contributed by atoms with Crippen LogP contribution in [0.2, 0.25) is 0 Å². The zero-order chi connectivity index (χ0) is 18.7. The molecule has 1 saturated heterocycles. The van der Waals surface area contributed by atoms with E-state index in [0.29, 0.717) is 21.5 Å². The fourth-order valence-corrected chi connectivity index (χ4v) is 3.33. The minimum Gasteiger partial charge on any atom is -0.494 e. The van der Waals surface area contributed by atoms with Crippen LogP contribution in [-0.2, 0) is 4.79 Å². The Morgan fingerprint density at radius 3 is 2.54 bits per heavy atom. The molecule has 1 heterocycles. The monoisotopic (exact) mass is 367 g/mol. The molecule has 3 rings (SSSR count). The highest BCUT2D eigenvalue weighted by Crippen LogP contribution is 2.33. The van der Waals surface area contributed by atoms with Crippen molar-refractivity contribution in [2.45, 2.75) is 6.92 Å². The fraction of sp³-hybridized carbons (Fsp3) is 0.200. The van der Waals surface area contributed by atoms with Crippen molar-refractivity contribution >= 4 is 40.3 Å². The first-order chi connectivity index (χ1) is 12.5. The summed E-state index contributed by atoms with van der Waals surface area (Å²) in [5.41, 5.74) is 3.87. The summed E-state index contributed by atoms with van der Waals surface area (Å²) < 4.78 is 5.34. The number of amides is 1. The Kier molecular flexibility index (Phi) is 5.32. The van der Waals surface area contributed by atoms with Crippen molar-refractivity contribution in [3.63, 3.8) is 0 Å². The number of carbonyl (C=O) groups excluding carboxylic acids is 1. The predicted octanol–water partition coefficient (Wildman–Crippen LogP) is 3.96. The van der Waals surface area contributed by atoms with Crippen LogP contribution in [0.5, 0.6) is 5.75 Å².